The molecule has 0 radical (unpaired) electrons. The van der Waals surface area contributed by atoms with Crippen LogP contribution in [0, 0.1) is 5.82 Å². The first kappa shape index (κ1) is 23.9. The van der Waals surface area contributed by atoms with Gasteiger partial charge in [0, 0.05) is 48.8 Å². The Morgan fingerprint density at radius 2 is 2.08 bits per heavy atom. The summed E-state index contributed by atoms with van der Waals surface area (Å²) in [7, 11) is 1.48. The zero-order valence-electron chi connectivity index (χ0n) is 21.4. The van der Waals surface area contributed by atoms with Gasteiger partial charge in [-0.2, -0.15) is 0 Å². The predicted molar refractivity (Wildman–Crippen MR) is 143 cm³/mol. The van der Waals surface area contributed by atoms with E-state index in [1.54, 1.807) is 19.1 Å². The normalized spacial score (nSPS) is 19.8. The maximum absolute atomic E-state index is 14.5. The lowest BCUT2D eigenvalue weighted by Crippen LogP contribution is -2.48. The van der Waals surface area contributed by atoms with Crippen molar-refractivity contribution in [2.75, 3.05) is 20.2 Å². The number of amides is 1. The predicted octanol–water partition coefficient (Wildman–Crippen LogP) is 5.43. The molecule has 7 heteroatoms. The van der Waals surface area contributed by atoms with Crippen LogP contribution in [0.5, 0.6) is 5.75 Å². The van der Waals surface area contributed by atoms with Gasteiger partial charge in [0.25, 0.3) is 0 Å². The lowest BCUT2D eigenvalue weighted by atomic mass is 9.87. The van der Waals surface area contributed by atoms with Crippen molar-refractivity contribution in [3.05, 3.63) is 70.8 Å². The minimum absolute atomic E-state index is 0.130. The summed E-state index contributed by atoms with van der Waals surface area (Å²) in [5.74, 6) is 0.0233. The average molecular weight is 501 g/mol. The van der Waals surface area contributed by atoms with E-state index in [0.717, 1.165) is 73.2 Å². The molecule has 6 rings (SSSR count). The van der Waals surface area contributed by atoms with E-state index >= 15 is 0 Å². The number of likely N-dealkylation sites (tertiary alicyclic amines) is 1. The van der Waals surface area contributed by atoms with Crippen LogP contribution in [-0.4, -0.2) is 47.0 Å². The van der Waals surface area contributed by atoms with Gasteiger partial charge in [0.2, 0.25) is 5.91 Å². The third-order valence-electron chi connectivity index (χ3n) is 8.00. The molecule has 0 saturated carbocycles. The number of para-hydroxylation sites is 1. The molecular formula is C30H33FN4O2. The topological polar surface area (TPSA) is 70.2 Å². The molecule has 192 valence electrons. The number of aromatic nitrogens is 2. The van der Waals surface area contributed by atoms with Crippen molar-refractivity contribution >= 4 is 27.7 Å². The average Bonchev–Trinajstić information content (AvgIpc) is 3.30. The van der Waals surface area contributed by atoms with Gasteiger partial charge < -0.3 is 19.9 Å². The fraction of sp³-hybridized carbons (Fsp3) is 0.400. The molecular weight excluding hydrogens is 467 g/mol. The summed E-state index contributed by atoms with van der Waals surface area (Å²) in [4.78, 5) is 22.9. The van der Waals surface area contributed by atoms with E-state index in [1.807, 2.05) is 17.0 Å². The Kier molecular flexibility index (Phi) is 6.32. The van der Waals surface area contributed by atoms with Crippen molar-refractivity contribution in [1.29, 1.82) is 0 Å². The number of hydrogen-bond donors (Lipinski definition) is 2. The summed E-state index contributed by atoms with van der Waals surface area (Å²) in [5, 5.41) is 6.32. The van der Waals surface area contributed by atoms with Crippen molar-refractivity contribution in [2.24, 2.45) is 0 Å². The smallest absolute Gasteiger partial charge is 0.219 e. The Hall–Kier alpha value is -3.45. The molecule has 2 aromatic heterocycles. The highest BCUT2D eigenvalue weighted by Crippen LogP contribution is 2.39. The summed E-state index contributed by atoms with van der Waals surface area (Å²) in [6.07, 6.45) is 5.68. The number of nitrogens with one attached hydrogen (secondary N) is 2. The number of carbonyl (C=O) groups is 1. The third-order valence-corrected chi connectivity index (χ3v) is 8.00. The molecule has 6 nitrogen and oxygen atoms in total. The maximum Gasteiger partial charge on any atom is 0.219 e. The van der Waals surface area contributed by atoms with Crippen molar-refractivity contribution in [1.82, 2.24) is 20.2 Å². The van der Waals surface area contributed by atoms with Crippen LogP contribution in [0.25, 0.3) is 21.8 Å². The number of fused-ring (bicyclic) bond motifs is 5. The fourth-order valence-corrected chi connectivity index (χ4v) is 6.22. The van der Waals surface area contributed by atoms with Crippen molar-refractivity contribution < 1.29 is 13.9 Å². The van der Waals surface area contributed by atoms with Crippen LogP contribution in [0.3, 0.4) is 0 Å². The Morgan fingerprint density at radius 1 is 1.22 bits per heavy atom. The number of H-pyrrole nitrogens is 1. The van der Waals surface area contributed by atoms with Crippen LogP contribution in [0.2, 0.25) is 0 Å². The lowest BCUT2D eigenvalue weighted by molar-refractivity contribution is -0.130. The quantitative estimate of drug-likeness (QED) is 0.383. The van der Waals surface area contributed by atoms with E-state index in [2.05, 4.69) is 28.5 Å². The molecule has 1 amide bonds. The molecule has 3 heterocycles. The number of piperidine rings is 1. The van der Waals surface area contributed by atoms with E-state index in [1.165, 1.54) is 23.4 Å². The van der Waals surface area contributed by atoms with E-state index in [0.29, 0.717) is 6.42 Å². The van der Waals surface area contributed by atoms with Crippen LogP contribution in [0.15, 0.2) is 42.5 Å². The molecule has 2 N–H and O–H groups in total. The summed E-state index contributed by atoms with van der Waals surface area (Å²) in [6, 6.07) is 13.9. The van der Waals surface area contributed by atoms with E-state index in [4.69, 9.17) is 9.72 Å². The van der Waals surface area contributed by atoms with Crippen LogP contribution in [-0.2, 0) is 17.6 Å². The maximum atomic E-state index is 14.5. The number of rotatable bonds is 5. The monoisotopic (exact) mass is 500 g/mol. The van der Waals surface area contributed by atoms with Crippen LogP contribution >= 0.6 is 0 Å². The zero-order chi connectivity index (χ0) is 25.5. The van der Waals surface area contributed by atoms with Gasteiger partial charge in [0.15, 0.2) is 11.6 Å². The second-order valence-corrected chi connectivity index (χ2v) is 10.4. The van der Waals surface area contributed by atoms with Gasteiger partial charge in [0.1, 0.15) is 0 Å². The number of halogens is 1. The number of pyridine rings is 1. The van der Waals surface area contributed by atoms with Gasteiger partial charge >= 0.3 is 0 Å². The van der Waals surface area contributed by atoms with Crippen molar-refractivity contribution in [3.63, 3.8) is 0 Å². The minimum Gasteiger partial charge on any atom is -0.494 e. The van der Waals surface area contributed by atoms with Gasteiger partial charge in [-0.15, -0.1) is 0 Å². The highest BCUT2D eigenvalue weighted by molar-refractivity contribution is 6.10. The van der Waals surface area contributed by atoms with Crippen LogP contribution in [0.1, 0.15) is 61.2 Å². The summed E-state index contributed by atoms with van der Waals surface area (Å²) >= 11 is 0. The van der Waals surface area contributed by atoms with Gasteiger partial charge in [-0.3, -0.25) is 9.78 Å². The number of aryl methyl sites for hydroxylation is 1. The Morgan fingerprint density at radius 3 is 2.89 bits per heavy atom. The lowest BCUT2D eigenvalue weighted by Gasteiger charge is -2.36. The molecule has 1 fully saturated rings. The standard InChI is InChI=1S/C30H33FN4O2/c1-18(36)35-14-6-7-20(17-35)32-25-11-5-9-22-28-21-8-3-4-10-24(21)33-30(28)26(34-29(22)25)16-19-12-13-27(37-2)23(31)15-19/h3-4,8,10,12-13,15,20,25,32-33H,5-7,9,11,14,16-17H2,1-2H3/t20-,25-/m1/s1. The van der Waals surface area contributed by atoms with Gasteiger partial charge in [0.05, 0.1) is 30.1 Å². The first-order valence-electron chi connectivity index (χ1n) is 13.3. The Labute approximate surface area is 216 Å². The highest BCUT2D eigenvalue weighted by atomic mass is 19.1. The number of benzene rings is 2. The number of hydrogen-bond acceptors (Lipinski definition) is 4. The number of aromatic amines is 1. The molecule has 37 heavy (non-hydrogen) atoms. The number of nitrogens with zero attached hydrogens (tertiary/aromatic N) is 2. The largest absolute Gasteiger partial charge is 0.494 e. The fourth-order valence-electron chi connectivity index (χ4n) is 6.22. The Balaban J connectivity index is 1.43. The second kappa shape index (κ2) is 9.78. The molecule has 1 aliphatic carbocycles. The first-order valence-corrected chi connectivity index (χ1v) is 13.3. The summed E-state index contributed by atoms with van der Waals surface area (Å²) in [5.41, 5.74) is 6.33. The number of methoxy groups -OCH3 is 1. The highest BCUT2D eigenvalue weighted by Gasteiger charge is 2.30. The molecule has 0 spiro atoms. The molecule has 2 aromatic carbocycles. The second-order valence-electron chi connectivity index (χ2n) is 10.4. The number of carbonyl (C=O) groups excluding carboxylic acids is 1. The van der Waals surface area contributed by atoms with Gasteiger partial charge in [-0.1, -0.05) is 24.3 Å². The molecule has 4 aromatic rings. The van der Waals surface area contributed by atoms with E-state index in [-0.39, 0.29) is 29.6 Å². The summed E-state index contributed by atoms with van der Waals surface area (Å²) < 4.78 is 19.6. The van der Waals surface area contributed by atoms with Crippen LogP contribution < -0.4 is 10.1 Å². The Bertz CT molecular complexity index is 1480. The van der Waals surface area contributed by atoms with E-state index in [9.17, 15) is 9.18 Å². The first-order chi connectivity index (χ1) is 18.0. The molecule has 1 saturated heterocycles. The minimum atomic E-state index is -0.363. The van der Waals surface area contributed by atoms with Crippen LogP contribution in [0.4, 0.5) is 4.39 Å². The van der Waals surface area contributed by atoms with Gasteiger partial charge in [-0.25, -0.2) is 4.39 Å². The zero-order valence-corrected chi connectivity index (χ0v) is 21.4. The molecule has 2 aliphatic rings. The number of ether oxygens (including phenoxy) is 1. The summed E-state index contributed by atoms with van der Waals surface area (Å²) in [6.45, 7) is 3.24. The molecule has 2 atom stereocenters. The van der Waals surface area contributed by atoms with E-state index < -0.39 is 0 Å². The van der Waals surface area contributed by atoms with Crippen molar-refractivity contribution in [2.45, 2.75) is 57.5 Å². The SMILES string of the molecule is COc1ccc(Cc2nc3c(c4c2[nH]c2ccccc24)CCC[C@H]3N[C@@H]2CCCN(C(C)=O)C2)cc1F. The molecule has 0 unspecified atom stereocenters. The third kappa shape index (κ3) is 4.46. The molecule has 0 bridgehead atoms. The van der Waals surface area contributed by atoms with Gasteiger partial charge in [-0.05, 0) is 61.4 Å². The van der Waals surface area contributed by atoms with Crippen molar-refractivity contribution in [3.8, 4) is 5.75 Å². The molecule has 1 aliphatic heterocycles.